The molecular weight excluding hydrogens is 712 g/mol. The number of carbonyl (C=O) groups is 7. The number of phenolic OH excluding ortho intramolecular Hbond substituents is 2. The molecule has 0 heterocycles. The number of nitrogens with one attached hydrogen (secondary N) is 1. The number of ether oxygens (including phenoxy) is 3. The summed E-state index contributed by atoms with van der Waals surface area (Å²) in [6.07, 6.45) is -5.65. The Hall–Kier alpha value is -5.07. The van der Waals surface area contributed by atoms with Crippen LogP contribution in [-0.4, -0.2) is 105 Å². The molecule has 5 N–H and O–H groups in total. The average Bonchev–Trinajstić information content (AvgIpc) is 3.14. The van der Waals surface area contributed by atoms with Gasteiger partial charge in [0.25, 0.3) is 0 Å². The average molecular weight is 756 g/mol. The van der Waals surface area contributed by atoms with Crippen LogP contribution in [0.4, 0.5) is 0 Å². The van der Waals surface area contributed by atoms with Crippen molar-refractivity contribution in [1.29, 1.82) is 0 Å². The molecule has 2 aromatic rings. The van der Waals surface area contributed by atoms with E-state index in [1.54, 1.807) is 20.8 Å². The standard InChI is InChI=1S/C37H43N2O15/c1-5-19(38-25(43)11-12-27(45)39(51)26(44)10-7-13-40)14-28(53-18(2)3)54-23-16-37(50,24(42)17-41)15-21-30(23)36(49)32-31(34(21)47)33(46)20-8-6-9-22(52-4)29(20)35(32)48/h6,8-9,13,18-19,23,28,41,47,49-50H,5,7,10-12,14-17H2,1-4H3,(H,38,43)/q-1/t19?,23?,28?,37-/m0/s1. The first-order valence-electron chi connectivity index (χ1n) is 17.3. The predicted molar refractivity (Wildman–Crippen MR) is 185 cm³/mol. The van der Waals surface area contributed by atoms with E-state index in [4.69, 9.17) is 14.2 Å². The second-order valence-corrected chi connectivity index (χ2v) is 13.3. The molecule has 17 nitrogen and oxygen atoms in total. The largest absolute Gasteiger partial charge is 0.750 e. The number of hydrogen-bond donors (Lipinski definition) is 5. The van der Waals surface area contributed by atoms with Crippen molar-refractivity contribution in [1.82, 2.24) is 10.4 Å². The number of benzene rings is 2. The number of aromatic hydroxyl groups is 2. The Kier molecular flexibility index (Phi) is 13.4. The van der Waals surface area contributed by atoms with E-state index >= 15 is 0 Å². The number of phenols is 2. The van der Waals surface area contributed by atoms with E-state index in [9.17, 15) is 59.2 Å². The number of aldehydes is 1. The summed E-state index contributed by atoms with van der Waals surface area (Å²) in [7, 11) is 1.29. The van der Waals surface area contributed by atoms with Gasteiger partial charge >= 0.3 is 0 Å². The molecule has 0 aromatic heterocycles. The molecule has 0 saturated heterocycles. The molecule has 0 fully saturated rings. The van der Waals surface area contributed by atoms with Crippen molar-refractivity contribution in [2.24, 2.45) is 0 Å². The summed E-state index contributed by atoms with van der Waals surface area (Å²) >= 11 is 0. The van der Waals surface area contributed by atoms with Gasteiger partial charge in [-0.25, -0.2) is 0 Å². The molecule has 0 aliphatic heterocycles. The van der Waals surface area contributed by atoms with Crippen molar-refractivity contribution in [3.05, 3.63) is 56.8 Å². The van der Waals surface area contributed by atoms with Crippen LogP contribution in [0.5, 0.6) is 17.2 Å². The molecule has 4 rings (SSSR count). The van der Waals surface area contributed by atoms with Gasteiger partial charge in [-0.1, -0.05) is 19.1 Å². The lowest BCUT2D eigenvalue weighted by Gasteiger charge is -2.40. The zero-order chi connectivity index (χ0) is 40.1. The highest BCUT2D eigenvalue weighted by atomic mass is 16.7. The SMILES string of the molecule is CCC(CC(OC(C)C)OC1C[C@](O)(C(=O)CO)Cc2c(O)c3c(c(O)c21)C(=O)c1c(OC)cccc1C3=O)NC(=O)CCC(=O)N([O-])C(=O)CCC=O. The van der Waals surface area contributed by atoms with E-state index in [-0.39, 0.29) is 52.3 Å². The third kappa shape index (κ3) is 8.50. The molecule has 0 bridgehead atoms. The van der Waals surface area contributed by atoms with Crippen LogP contribution in [0, 0.1) is 5.21 Å². The zero-order valence-corrected chi connectivity index (χ0v) is 30.2. The van der Waals surface area contributed by atoms with Crippen LogP contribution in [0.15, 0.2) is 18.2 Å². The fourth-order valence-corrected chi connectivity index (χ4v) is 6.63. The monoisotopic (exact) mass is 755 g/mol. The molecular formula is C37H43N2O15-. The third-order valence-corrected chi connectivity index (χ3v) is 9.31. The lowest BCUT2D eigenvalue weighted by Crippen LogP contribution is -2.48. The number of aliphatic hydroxyl groups is 2. The predicted octanol–water partition coefficient (Wildman–Crippen LogP) is 1.83. The number of imide groups is 1. The van der Waals surface area contributed by atoms with Gasteiger partial charge in [-0.05, 0) is 26.3 Å². The summed E-state index contributed by atoms with van der Waals surface area (Å²) < 4.78 is 17.6. The number of rotatable bonds is 17. The minimum Gasteiger partial charge on any atom is -0.750 e. The third-order valence-electron chi connectivity index (χ3n) is 9.31. The highest BCUT2D eigenvalue weighted by Gasteiger charge is 2.49. The van der Waals surface area contributed by atoms with Gasteiger partial charge < -0.3 is 55.0 Å². The van der Waals surface area contributed by atoms with Crippen LogP contribution in [0.25, 0.3) is 0 Å². The Morgan fingerprint density at radius 3 is 2.31 bits per heavy atom. The number of methoxy groups -OCH3 is 1. The summed E-state index contributed by atoms with van der Waals surface area (Å²) in [6, 6.07) is 3.56. The number of hydrogen-bond acceptors (Lipinski definition) is 15. The first kappa shape index (κ1) is 41.7. The number of nitrogens with zero attached hydrogens (tertiary/aromatic N) is 1. The van der Waals surface area contributed by atoms with Crippen molar-refractivity contribution < 1.29 is 68.2 Å². The minimum absolute atomic E-state index is 0.0414. The molecule has 4 atom stereocenters. The normalized spacial score (nSPS) is 18.6. The van der Waals surface area contributed by atoms with Gasteiger partial charge in [0.1, 0.15) is 35.7 Å². The van der Waals surface area contributed by atoms with Crippen LogP contribution in [0.3, 0.4) is 0 Å². The van der Waals surface area contributed by atoms with E-state index < -0.39 is 127 Å². The summed E-state index contributed by atoms with van der Waals surface area (Å²) in [5.74, 6) is -7.13. The van der Waals surface area contributed by atoms with E-state index in [1.807, 2.05) is 0 Å². The lowest BCUT2D eigenvalue weighted by molar-refractivity contribution is -0.208. The smallest absolute Gasteiger partial charge is 0.220 e. The topological polar surface area (TPSA) is 266 Å². The molecule has 292 valence electrons. The molecule has 2 aromatic carbocycles. The Balaban J connectivity index is 1.67. The Bertz CT molecular complexity index is 1840. The zero-order valence-electron chi connectivity index (χ0n) is 30.2. The number of carbonyl (C=O) groups excluding carboxylic acids is 7. The molecule has 0 spiro atoms. The van der Waals surface area contributed by atoms with Crippen LogP contribution in [-0.2, 0) is 39.9 Å². The van der Waals surface area contributed by atoms with E-state index in [0.29, 0.717) is 6.29 Å². The van der Waals surface area contributed by atoms with Gasteiger partial charge in [-0.3, -0.25) is 28.8 Å². The van der Waals surface area contributed by atoms with Crippen LogP contribution in [0.1, 0.15) is 115 Å². The maximum atomic E-state index is 13.9. The number of Topliss-reactive ketones (excluding diaryl/α,β-unsaturated/α-hetero) is 1. The molecule has 0 radical (unpaired) electrons. The van der Waals surface area contributed by atoms with Crippen LogP contribution < -0.4 is 10.1 Å². The Morgan fingerprint density at radius 2 is 1.70 bits per heavy atom. The molecule has 0 saturated carbocycles. The fourth-order valence-electron chi connectivity index (χ4n) is 6.63. The number of fused-ring (bicyclic) bond motifs is 3. The second-order valence-electron chi connectivity index (χ2n) is 13.3. The number of aliphatic hydroxyl groups excluding tert-OH is 1. The number of ketones is 3. The van der Waals surface area contributed by atoms with Crippen LogP contribution in [0.2, 0.25) is 0 Å². The van der Waals surface area contributed by atoms with E-state index in [0.717, 1.165) is 0 Å². The number of amides is 3. The highest BCUT2D eigenvalue weighted by Crippen LogP contribution is 2.52. The number of hydroxylamine groups is 2. The van der Waals surface area contributed by atoms with Gasteiger partial charge in [-0.15, -0.1) is 0 Å². The summed E-state index contributed by atoms with van der Waals surface area (Å²) in [5, 5.41) is 58.9. The second kappa shape index (κ2) is 17.4. The first-order valence-corrected chi connectivity index (χ1v) is 17.3. The molecule has 17 heteroatoms. The first-order chi connectivity index (χ1) is 25.5. The van der Waals surface area contributed by atoms with Gasteiger partial charge in [0.2, 0.25) is 23.5 Å². The maximum Gasteiger partial charge on any atom is 0.220 e. The summed E-state index contributed by atoms with van der Waals surface area (Å²) in [4.78, 5) is 87.8. The Labute approximate surface area is 309 Å². The van der Waals surface area contributed by atoms with Gasteiger partial charge in [0.05, 0.1) is 36.0 Å². The van der Waals surface area contributed by atoms with Crippen molar-refractivity contribution in [2.45, 2.75) is 102 Å². The van der Waals surface area contributed by atoms with Crippen molar-refractivity contribution in [2.75, 3.05) is 13.7 Å². The fraction of sp³-hybridized carbons (Fsp3) is 0.486. The molecule has 2 aliphatic carbocycles. The van der Waals surface area contributed by atoms with Gasteiger partial charge in [-0.2, -0.15) is 0 Å². The quantitative estimate of drug-likeness (QED) is 0.0569. The van der Waals surface area contributed by atoms with E-state index in [1.165, 1.54) is 25.3 Å². The van der Waals surface area contributed by atoms with Crippen molar-refractivity contribution >= 4 is 41.4 Å². The molecule has 2 aliphatic rings. The molecule has 54 heavy (non-hydrogen) atoms. The van der Waals surface area contributed by atoms with Crippen molar-refractivity contribution in [3.63, 3.8) is 0 Å². The van der Waals surface area contributed by atoms with Gasteiger partial charge in [0.15, 0.2) is 17.9 Å². The summed E-state index contributed by atoms with van der Waals surface area (Å²) in [6.45, 7) is 3.95. The summed E-state index contributed by atoms with van der Waals surface area (Å²) in [5.41, 5.74) is -4.21. The van der Waals surface area contributed by atoms with Crippen molar-refractivity contribution in [3.8, 4) is 17.2 Å². The minimum atomic E-state index is -2.37. The molecule has 3 amide bonds. The highest BCUT2D eigenvalue weighted by molar-refractivity contribution is 6.31. The molecule has 3 unspecified atom stereocenters. The lowest BCUT2D eigenvalue weighted by atomic mass is 9.72. The maximum absolute atomic E-state index is 13.9. The van der Waals surface area contributed by atoms with E-state index in [2.05, 4.69) is 5.32 Å². The van der Waals surface area contributed by atoms with Gasteiger partial charge in [0, 0.05) is 67.7 Å². The van der Waals surface area contributed by atoms with Crippen LogP contribution >= 0.6 is 0 Å². The Morgan fingerprint density at radius 1 is 1.04 bits per heavy atom.